The van der Waals surface area contributed by atoms with E-state index in [2.05, 4.69) is 6.58 Å². The minimum atomic E-state index is -4.05. The number of hydrogen-bond donors (Lipinski definition) is 0. The Bertz CT molecular complexity index is 1040. The molecule has 1 unspecified atom stereocenters. The number of methoxy groups -OCH3 is 1. The summed E-state index contributed by atoms with van der Waals surface area (Å²) in [5, 5.41) is 0.386. The molecule has 9 heteroatoms. The number of carbonyl (C=O) groups excluding carboxylic acids is 2. The van der Waals surface area contributed by atoms with E-state index in [-0.39, 0.29) is 17.9 Å². The lowest BCUT2D eigenvalue weighted by Gasteiger charge is -2.25. The molecule has 1 atom stereocenters. The van der Waals surface area contributed by atoms with Gasteiger partial charge in [-0.05, 0) is 48.5 Å². The zero-order chi connectivity index (χ0) is 21.2. The van der Waals surface area contributed by atoms with E-state index in [0.29, 0.717) is 16.5 Å². The van der Waals surface area contributed by atoms with E-state index in [1.54, 1.807) is 24.3 Å². The second kappa shape index (κ2) is 8.36. The lowest BCUT2D eigenvalue weighted by molar-refractivity contribution is -0.122. The van der Waals surface area contributed by atoms with Crippen molar-refractivity contribution >= 4 is 39.1 Å². The number of sulfonamides is 1. The molecule has 1 fully saturated rings. The molecule has 2 aromatic rings. The van der Waals surface area contributed by atoms with E-state index in [0.717, 1.165) is 9.21 Å². The standard InChI is InChI=1S/C20H19ClN2O5S/c1-3-12-22(29(26,27)17-10-4-14(21)5-11-17)18-13-19(24)23(20(18)25)15-6-8-16(28-2)9-7-15/h3-11,18H,1,12-13H2,2H3. The molecule has 0 aromatic heterocycles. The summed E-state index contributed by atoms with van der Waals surface area (Å²) in [5.41, 5.74) is 0.353. The van der Waals surface area contributed by atoms with Crippen molar-refractivity contribution in [1.29, 1.82) is 0 Å². The van der Waals surface area contributed by atoms with Crippen LogP contribution < -0.4 is 9.64 Å². The number of imide groups is 1. The van der Waals surface area contributed by atoms with Crippen molar-refractivity contribution < 1.29 is 22.7 Å². The van der Waals surface area contributed by atoms with E-state index >= 15 is 0 Å². The quantitative estimate of drug-likeness (QED) is 0.494. The Morgan fingerprint density at radius 3 is 2.34 bits per heavy atom. The number of halogens is 1. The third-order valence-corrected chi connectivity index (χ3v) is 6.67. The van der Waals surface area contributed by atoms with Crippen LogP contribution in [-0.4, -0.2) is 44.2 Å². The number of benzene rings is 2. The molecule has 0 spiro atoms. The maximum absolute atomic E-state index is 13.1. The highest BCUT2D eigenvalue weighted by Crippen LogP contribution is 2.30. The monoisotopic (exact) mass is 434 g/mol. The predicted molar refractivity (Wildman–Crippen MR) is 109 cm³/mol. The maximum Gasteiger partial charge on any atom is 0.252 e. The summed E-state index contributed by atoms with van der Waals surface area (Å²) in [6, 6.07) is 10.8. The highest BCUT2D eigenvalue weighted by Gasteiger charge is 2.46. The molecule has 0 radical (unpaired) electrons. The molecule has 0 aliphatic carbocycles. The number of hydrogen-bond acceptors (Lipinski definition) is 5. The number of rotatable bonds is 7. The second-order valence-electron chi connectivity index (χ2n) is 6.30. The van der Waals surface area contributed by atoms with E-state index in [9.17, 15) is 18.0 Å². The van der Waals surface area contributed by atoms with Crippen LogP contribution in [0.5, 0.6) is 5.75 Å². The van der Waals surface area contributed by atoms with Gasteiger partial charge in [0.2, 0.25) is 15.9 Å². The summed E-state index contributed by atoms with van der Waals surface area (Å²) in [5.74, 6) is -0.520. The van der Waals surface area contributed by atoms with Crippen molar-refractivity contribution in [3.8, 4) is 5.75 Å². The van der Waals surface area contributed by atoms with E-state index in [4.69, 9.17) is 16.3 Å². The summed E-state index contributed by atoms with van der Waals surface area (Å²) < 4.78 is 32.3. The fourth-order valence-electron chi connectivity index (χ4n) is 3.11. The lowest BCUT2D eigenvalue weighted by Crippen LogP contribution is -2.45. The first-order chi connectivity index (χ1) is 13.8. The summed E-state index contributed by atoms with van der Waals surface area (Å²) in [7, 11) is -2.55. The molecule has 152 valence electrons. The number of nitrogens with zero attached hydrogens (tertiary/aromatic N) is 2. The summed E-state index contributed by atoms with van der Waals surface area (Å²) in [6.45, 7) is 3.46. The second-order valence-corrected chi connectivity index (χ2v) is 8.63. The van der Waals surface area contributed by atoms with Gasteiger partial charge in [0.1, 0.15) is 11.8 Å². The maximum atomic E-state index is 13.1. The molecule has 2 amide bonds. The molecule has 2 aromatic carbocycles. The third-order valence-electron chi connectivity index (χ3n) is 4.53. The van der Waals surface area contributed by atoms with E-state index in [1.807, 2.05) is 0 Å². The van der Waals surface area contributed by atoms with Gasteiger partial charge < -0.3 is 4.74 Å². The van der Waals surface area contributed by atoms with Gasteiger partial charge in [0, 0.05) is 11.6 Å². The molecule has 0 N–H and O–H groups in total. The minimum absolute atomic E-state index is 0.0214. The van der Waals surface area contributed by atoms with Crippen LogP contribution in [0.15, 0.2) is 66.1 Å². The average molecular weight is 435 g/mol. The first kappa shape index (κ1) is 21.0. The smallest absolute Gasteiger partial charge is 0.252 e. The normalized spacial score (nSPS) is 17.1. The fraction of sp³-hybridized carbons (Fsp3) is 0.200. The molecule has 0 saturated carbocycles. The lowest BCUT2D eigenvalue weighted by atomic mass is 10.2. The Hall–Kier alpha value is -2.68. The highest BCUT2D eigenvalue weighted by atomic mass is 35.5. The van der Waals surface area contributed by atoms with Gasteiger partial charge >= 0.3 is 0 Å². The number of anilines is 1. The molecule has 0 bridgehead atoms. The molecule has 3 rings (SSSR count). The van der Waals surface area contributed by atoms with Crippen molar-refractivity contribution in [2.75, 3.05) is 18.6 Å². The first-order valence-electron chi connectivity index (χ1n) is 8.68. The molecule has 1 saturated heterocycles. The van der Waals surface area contributed by atoms with Crippen LogP contribution in [0.2, 0.25) is 5.02 Å². The van der Waals surface area contributed by atoms with Gasteiger partial charge in [0.05, 0.1) is 24.1 Å². The number of ether oxygens (including phenoxy) is 1. The molecular formula is C20H19ClN2O5S. The van der Waals surface area contributed by atoms with Gasteiger partial charge in [-0.3, -0.25) is 9.59 Å². The molecule has 29 heavy (non-hydrogen) atoms. The van der Waals surface area contributed by atoms with Gasteiger partial charge in [0.15, 0.2) is 0 Å². The van der Waals surface area contributed by atoms with E-state index in [1.165, 1.54) is 37.5 Å². The van der Waals surface area contributed by atoms with E-state index < -0.39 is 27.9 Å². The molecule has 1 heterocycles. The molecule has 1 aliphatic heterocycles. The summed E-state index contributed by atoms with van der Waals surface area (Å²) in [6.07, 6.45) is 1.12. The SMILES string of the molecule is C=CCN(C1CC(=O)N(c2ccc(OC)cc2)C1=O)S(=O)(=O)c1ccc(Cl)cc1. The van der Waals surface area contributed by atoms with Crippen LogP contribution in [-0.2, 0) is 19.6 Å². The van der Waals surface area contributed by atoms with Crippen LogP contribution in [0.25, 0.3) is 0 Å². The zero-order valence-electron chi connectivity index (χ0n) is 15.6. The largest absolute Gasteiger partial charge is 0.497 e. The van der Waals surface area contributed by atoms with Gasteiger partial charge in [-0.15, -0.1) is 6.58 Å². The third kappa shape index (κ3) is 4.05. The fourth-order valence-corrected chi connectivity index (χ4v) is 4.78. The van der Waals surface area contributed by atoms with Crippen LogP contribution in [0.1, 0.15) is 6.42 Å². The summed E-state index contributed by atoms with van der Waals surface area (Å²) in [4.78, 5) is 26.6. The molecule has 1 aliphatic rings. The van der Waals surface area contributed by atoms with Crippen molar-refractivity contribution in [3.05, 3.63) is 66.2 Å². The Labute approximate surface area is 174 Å². The van der Waals surface area contributed by atoms with Crippen molar-refractivity contribution in [1.82, 2.24) is 4.31 Å². The van der Waals surface area contributed by atoms with Crippen LogP contribution >= 0.6 is 11.6 Å². The Kier molecular flexibility index (Phi) is 6.07. The number of carbonyl (C=O) groups is 2. The highest BCUT2D eigenvalue weighted by molar-refractivity contribution is 7.89. The molecule has 7 nitrogen and oxygen atoms in total. The molecular weight excluding hydrogens is 416 g/mol. The summed E-state index contributed by atoms with van der Waals surface area (Å²) >= 11 is 5.84. The van der Waals surface area contributed by atoms with Gasteiger partial charge in [-0.2, -0.15) is 4.31 Å². The number of amides is 2. The van der Waals surface area contributed by atoms with Gasteiger partial charge in [-0.1, -0.05) is 17.7 Å². The van der Waals surface area contributed by atoms with Crippen LogP contribution in [0.3, 0.4) is 0 Å². The van der Waals surface area contributed by atoms with Gasteiger partial charge in [0.25, 0.3) is 5.91 Å². The van der Waals surface area contributed by atoms with Gasteiger partial charge in [-0.25, -0.2) is 13.3 Å². The average Bonchev–Trinajstić information content (AvgIpc) is 3.00. The zero-order valence-corrected chi connectivity index (χ0v) is 17.2. The predicted octanol–water partition coefficient (Wildman–Crippen LogP) is 2.86. The first-order valence-corrected chi connectivity index (χ1v) is 10.5. The minimum Gasteiger partial charge on any atom is -0.497 e. The van der Waals surface area contributed by atoms with Crippen molar-refractivity contribution in [3.63, 3.8) is 0 Å². The Morgan fingerprint density at radius 1 is 1.17 bits per heavy atom. The van der Waals surface area contributed by atoms with Crippen molar-refractivity contribution in [2.45, 2.75) is 17.4 Å². The Morgan fingerprint density at radius 2 is 1.79 bits per heavy atom. The Balaban J connectivity index is 1.95. The topological polar surface area (TPSA) is 84.0 Å². The van der Waals surface area contributed by atoms with Crippen LogP contribution in [0, 0.1) is 0 Å². The van der Waals surface area contributed by atoms with Crippen molar-refractivity contribution in [2.24, 2.45) is 0 Å². The van der Waals surface area contributed by atoms with Crippen LogP contribution in [0.4, 0.5) is 5.69 Å².